The van der Waals surface area contributed by atoms with Gasteiger partial charge in [0.2, 0.25) is 0 Å². The van der Waals surface area contributed by atoms with Crippen LogP contribution in [0.4, 0.5) is 0 Å². The summed E-state index contributed by atoms with van der Waals surface area (Å²) >= 11 is 0. The molecule has 1 saturated carbocycles. The molecule has 0 aliphatic heterocycles. The van der Waals surface area contributed by atoms with E-state index in [1.807, 2.05) is 6.92 Å². The molecule has 0 amide bonds. The lowest BCUT2D eigenvalue weighted by molar-refractivity contribution is 0.0169. The standard InChI is InChI=1S/C18H37N3O3S/c1-6-24-16(15-9-7-8-10-15)11-12-20-17(19-5)21-13-14-25(22,23)18(2,3)4/h15-16H,6-14H2,1-5H3,(H2,19,20,21). The molecule has 1 atom stereocenters. The highest BCUT2D eigenvalue weighted by Gasteiger charge is 2.28. The van der Waals surface area contributed by atoms with Crippen molar-refractivity contribution in [2.45, 2.75) is 70.7 Å². The maximum absolute atomic E-state index is 12.1. The Bertz CT molecular complexity index is 506. The van der Waals surface area contributed by atoms with Gasteiger partial charge >= 0.3 is 0 Å². The zero-order valence-corrected chi connectivity index (χ0v) is 17.4. The fraction of sp³-hybridized carbons (Fsp3) is 0.944. The first-order valence-electron chi connectivity index (χ1n) is 9.49. The van der Waals surface area contributed by atoms with Gasteiger partial charge in [0.05, 0.1) is 16.6 Å². The van der Waals surface area contributed by atoms with E-state index in [2.05, 4.69) is 15.6 Å². The van der Waals surface area contributed by atoms with E-state index < -0.39 is 14.6 Å². The Balaban J connectivity index is 2.36. The molecule has 0 aromatic rings. The molecule has 0 saturated heterocycles. The smallest absolute Gasteiger partial charge is 0.191 e. The molecule has 0 spiro atoms. The van der Waals surface area contributed by atoms with Crippen molar-refractivity contribution in [1.29, 1.82) is 0 Å². The third-order valence-corrected chi connectivity index (χ3v) is 7.46. The molecule has 0 heterocycles. The molecule has 25 heavy (non-hydrogen) atoms. The Labute approximate surface area is 154 Å². The van der Waals surface area contributed by atoms with Gasteiger partial charge in [0, 0.05) is 26.7 Å². The molecule has 2 N–H and O–H groups in total. The third kappa shape index (κ3) is 7.52. The van der Waals surface area contributed by atoms with Gasteiger partial charge in [-0.2, -0.15) is 0 Å². The van der Waals surface area contributed by atoms with Crippen LogP contribution in [0.25, 0.3) is 0 Å². The molecule has 1 aliphatic carbocycles. The Morgan fingerprint density at radius 1 is 1.20 bits per heavy atom. The Hall–Kier alpha value is -0.820. The van der Waals surface area contributed by atoms with E-state index in [-0.39, 0.29) is 5.75 Å². The zero-order valence-electron chi connectivity index (χ0n) is 16.6. The quantitative estimate of drug-likeness (QED) is 0.478. The van der Waals surface area contributed by atoms with Crippen LogP contribution in [0.3, 0.4) is 0 Å². The van der Waals surface area contributed by atoms with Crippen molar-refractivity contribution in [2.75, 3.05) is 32.5 Å². The lowest BCUT2D eigenvalue weighted by atomic mass is 9.98. The molecule has 0 aromatic carbocycles. The van der Waals surface area contributed by atoms with Crippen LogP contribution in [0.2, 0.25) is 0 Å². The van der Waals surface area contributed by atoms with E-state index in [1.54, 1.807) is 27.8 Å². The van der Waals surface area contributed by atoms with Crippen LogP contribution >= 0.6 is 0 Å². The predicted octanol–water partition coefficient (Wildman–Crippen LogP) is 2.35. The minimum Gasteiger partial charge on any atom is -0.378 e. The predicted molar refractivity (Wildman–Crippen MR) is 105 cm³/mol. The monoisotopic (exact) mass is 375 g/mol. The lowest BCUT2D eigenvalue weighted by Crippen LogP contribution is -2.42. The number of guanidine groups is 1. The minimum absolute atomic E-state index is 0.0981. The Kier molecular flexibility index (Phi) is 9.21. The number of nitrogens with zero attached hydrogens (tertiary/aromatic N) is 1. The highest BCUT2D eigenvalue weighted by molar-refractivity contribution is 7.92. The average Bonchev–Trinajstić information content (AvgIpc) is 3.05. The molecular weight excluding hydrogens is 338 g/mol. The number of nitrogens with one attached hydrogen (secondary N) is 2. The topological polar surface area (TPSA) is 79.8 Å². The van der Waals surface area contributed by atoms with Crippen LogP contribution in [0.5, 0.6) is 0 Å². The van der Waals surface area contributed by atoms with E-state index >= 15 is 0 Å². The summed E-state index contributed by atoms with van der Waals surface area (Å²) in [5.41, 5.74) is 0. The molecule has 7 heteroatoms. The number of sulfone groups is 1. The van der Waals surface area contributed by atoms with E-state index in [0.29, 0.717) is 24.5 Å². The first kappa shape index (κ1) is 22.2. The van der Waals surface area contributed by atoms with Gasteiger partial charge in [-0.25, -0.2) is 8.42 Å². The van der Waals surface area contributed by atoms with Crippen molar-refractivity contribution < 1.29 is 13.2 Å². The normalized spacial score (nSPS) is 18.4. The van der Waals surface area contributed by atoms with Crippen LogP contribution in [-0.2, 0) is 14.6 Å². The second-order valence-electron chi connectivity index (χ2n) is 7.68. The summed E-state index contributed by atoms with van der Waals surface area (Å²) in [5, 5.41) is 6.36. The lowest BCUT2D eigenvalue weighted by Gasteiger charge is -2.24. The van der Waals surface area contributed by atoms with Gasteiger partial charge in [0.25, 0.3) is 0 Å². The molecule has 1 aliphatic rings. The van der Waals surface area contributed by atoms with Crippen molar-refractivity contribution in [3.8, 4) is 0 Å². The third-order valence-electron chi connectivity index (χ3n) is 4.85. The number of hydrogen-bond acceptors (Lipinski definition) is 4. The van der Waals surface area contributed by atoms with Gasteiger partial charge in [0.15, 0.2) is 15.8 Å². The van der Waals surface area contributed by atoms with Crippen molar-refractivity contribution in [2.24, 2.45) is 10.9 Å². The van der Waals surface area contributed by atoms with E-state index in [4.69, 9.17) is 4.74 Å². The fourth-order valence-corrected chi connectivity index (χ4v) is 4.14. The summed E-state index contributed by atoms with van der Waals surface area (Å²) in [6.45, 7) is 9.11. The van der Waals surface area contributed by atoms with Gasteiger partial charge in [-0.3, -0.25) is 4.99 Å². The summed E-state index contributed by atoms with van der Waals surface area (Å²) in [4.78, 5) is 4.17. The van der Waals surface area contributed by atoms with Gasteiger partial charge in [-0.05, 0) is 52.9 Å². The summed E-state index contributed by atoms with van der Waals surface area (Å²) in [5.74, 6) is 1.42. The highest BCUT2D eigenvalue weighted by Crippen LogP contribution is 2.30. The number of hydrogen-bond donors (Lipinski definition) is 2. The fourth-order valence-electron chi connectivity index (χ4n) is 3.16. The number of aliphatic imine (C=N–C) groups is 1. The summed E-state index contributed by atoms with van der Waals surface area (Å²) in [6, 6.07) is 0. The maximum atomic E-state index is 12.1. The zero-order chi connectivity index (χ0) is 18.9. The Morgan fingerprint density at radius 3 is 2.32 bits per heavy atom. The second kappa shape index (κ2) is 10.4. The summed E-state index contributed by atoms with van der Waals surface area (Å²) in [6.07, 6.45) is 6.41. The molecule has 0 radical (unpaired) electrons. The molecular formula is C18H37N3O3S. The maximum Gasteiger partial charge on any atom is 0.191 e. The minimum atomic E-state index is -3.12. The van der Waals surface area contributed by atoms with Gasteiger partial charge < -0.3 is 15.4 Å². The van der Waals surface area contributed by atoms with Crippen LogP contribution < -0.4 is 10.6 Å². The van der Waals surface area contributed by atoms with E-state index in [9.17, 15) is 8.42 Å². The van der Waals surface area contributed by atoms with Crippen molar-refractivity contribution in [3.05, 3.63) is 0 Å². The number of ether oxygens (including phenoxy) is 1. The molecule has 1 unspecified atom stereocenters. The van der Waals surface area contributed by atoms with Crippen molar-refractivity contribution in [3.63, 3.8) is 0 Å². The number of rotatable bonds is 9. The van der Waals surface area contributed by atoms with Crippen molar-refractivity contribution in [1.82, 2.24) is 10.6 Å². The summed E-state index contributed by atoms with van der Waals surface area (Å²) < 4.78 is 29.5. The molecule has 0 bridgehead atoms. The molecule has 1 fully saturated rings. The largest absolute Gasteiger partial charge is 0.378 e. The SMILES string of the molecule is CCOC(CCNC(=NC)NCCS(=O)(=O)C(C)(C)C)C1CCCC1. The van der Waals surface area contributed by atoms with Gasteiger partial charge in [-0.1, -0.05) is 12.8 Å². The first-order valence-corrected chi connectivity index (χ1v) is 11.1. The van der Waals surface area contributed by atoms with Gasteiger partial charge in [0.1, 0.15) is 0 Å². The van der Waals surface area contributed by atoms with Gasteiger partial charge in [-0.15, -0.1) is 0 Å². The molecule has 6 nitrogen and oxygen atoms in total. The first-order chi connectivity index (χ1) is 11.7. The van der Waals surface area contributed by atoms with Crippen LogP contribution in [0.1, 0.15) is 59.8 Å². The molecule has 0 aromatic heterocycles. The Morgan fingerprint density at radius 2 is 1.80 bits per heavy atom. The highest BCUT2D eigenvalue weighted by atomic mass is 32.2. The van der Waals surface area contributed by atoms with Crippen LogP contribution in [-0.4, -0.2) is 57.7 Å². The molecule has 1 rings (SSSR count). The van der Waals surface area contributed by atoms with Crippen molar-refractivity contribution >= 4 is 15.8 Å². The van der Waals surface area contributed by atoms with Crippen LogP contribution in [0, 0.1) is 5.92 Å². The molecule has 148 valence electrons. The van der Waals surface area contributed by atoms with Crippen LogP contribution in [0.15, 0.2) is 4.99 Å². The second-order valence-corrected chi connectivity index (χ2v) is 10.5. The average molecular weight is 376 g/mol. The van der Waals surface area contributed by atoms with E-state index in [1.165, 1.54) is 25.7 Å². The summed E-state index contributed by atoms with van der Waals surface area (Å²) in [7, 11) is -1.42. The van der Waals surface area contributed by atoms with E-state index in [0.717, 1.165) is 19.6 Å².